The minimum absolute atomic E-state index is 0.0612. The number of carbonyl (C=O) groups excluding carboxylic acids is 2. The topological polar surface area (TPSA) is 85.4 Å². The number of fused-ring (bicyclic) bond motifs is 1. The normalized spacial score (nSPS) is 21.0. The van der Waals surface area contributed by atoms with Crippen LogP contribution in [0.2, 0.25) is 0 Å². The third-order valence-electron chi connectivity index (χ3n) is 7.19. The number of aromatic amines is 1. The van der Waals surface area contributed by atoms with E-state index < -0.39 is 0 Å². The van der Waals surface area contributed by atoms with Crippen molar-refractivity contribution in [2.45, 2.75) is 44.9 Å². The Morgan fingerprint density at radius 1 is 1.03 bits per heavy atom. The molecule has 8 nitrogen and oxygen atoms in total. The molecule has 8 heteroatoms. The van der Waals surface area contributed by atoms with Crippen molar-refractivity contribution < 1.29 is 9.59 Å². The standard InChI is InChI=1S/C24H32N6O2/c31-22(29-15-13-28(14-16-29)21-8-1-2-11-25-21)10-9-18-5-4-12-30(17-18)24(32)23-19-6-3-7-20(19)26-27-23/h1-2,8,11,18H,3-7,9-10,12-17H2,(H,26,27). The molecule has 0 saturated carbocycles. The quantitative estimate of drug-likeness (QED) is 0.777. The van der Waals surface area contributed by atoms with Gasteiger partial charge in [0.05, 0.1) is 0 Å². The maximum absolute atomic E-state index is 13.1. The second-order valence-electron chi connectivity index (χ2n) is 9.24. The summed E-state index contributed by atoms with van der Waals surface area (Å²) in [5, 5.41) is 7.37. The van der Waals surface area contributed by atoms with Gasteiger partial charge in [0.25, 0.3) is 5.91 Å². The summed E-state index contributed by atoms with van der Waals surface area (Å²) in [7, 11) is 0. The number of hydrogen-bond acceptors (Lipinski definition) is 5. The number of hydrogen-bond donors (Lipinski definition) is 1. The molecule has 1 N–H and O–H groups in total. The largest absolute Gasteiger partial charge is 0.353 e. The first kappa shape index (κ1) is 21.0. The number of pyridine rings is 1. The Labute approximate surface area is 189 Å². The first-order chi connectivity index (χ1) is 15.7. The minimum atomic E-state index is 0.0612. The van der Waals surface area contributed by atoms with Crippen LogP contribution in [0.4, 0.5) is 5.82 Å². The van der Waals surface area contributed by atoms with Crippen molar-refractivity contribution in [1.29, 1.82) is 0 Å². The molecule has 2 aromatic heterocycles. The van der Waals surface area contributed by atoms with Crippen LogP contribution in [-0.4, -0.2) is 76.1 Å². The number of likely N-dealkylation sites (tertiary alicyclic amines) is 1. The molecule has 0 spiro atoms. The third kappa shape index (κ3) is 4.36. The van der Waals surface area contributed by atoms with Crippen LogP contribution < -0.4 is 4.90 Å². The van der Waals surface area contributed by atoms with Crippen LogP contribution in [0, 0.1) is 5.92 Å². The molecule has 4 heterocycles. The van der Waals surface area contributed by atoms with Crippen LogP contribution in [0.25, 0.3) is 0 Å². The van der Waals surface area contributed by atoms with Crippen LogP contribution >= 0.6 is 0 Å². The molecule has 2 saturated heterocycles. The lowest BCUT2D eigenvalue weighted by Gasteiger charge is -2.36. The molecular formula is C24H32N6O2. The number of nitrogens with one attached hydrogen (secondary N) is 1. The first-order valence-electron chi connectivity index (χ1n) is 12.0. The maximum atomic E-state index is 13.1. The predicted octanol–water partition coefficient (Wildman–Crippen LogP) is 2.27. The highest BCUT2D eigenvalue weighted by molar-refractivity contribution is 5.94. The number of amides is 2. The van der Waals surface area contributed by atoms with E-state index in [1.54, 1.807) is 0 Å². The number of nitrogens with zero attached hydrogens (tertiary/aromatic N) is 5. The molecule has 1 unspecified atom stereocenters. The SMILES string of the molecule is O=C(CCC1CCCN(C(=O)c2n[nH]c3c2CCC3)C1)N1CCN(c2ccccn2)CC1. The Morgan fingerprint density at radius 3 is 2.72 bits per heavy atom. The summed E-state index contributed by atoms with van der Waals surface area (Å²) < 4.78 is 0. The molecule has 2 aromatic rings. The smallest absolute Gasteiger partial charge is 0.274 e. The summed E-state index contributed by atoms with van der Waals surface area (Å²) in [5.41, 5.74) is 2.88. The minimum Gasteiger partial charge on any atom is -0.353 e. The van der Waals surface area contributed by atoms with Gasteiger partial charge < -0.3 is 14.7 Å². The van der Waals surface area contributed by atoms with Gasteiger partial charge >= 0.3 is 0 Å². The molecule has 1 atom stereocenters. The molecule has 2 amide bonds. The van der Waals surface area contributed by atoms with Gasteiger partial charge in [-0.05, 0) is 56.6 Å². The number of piperazine rings is 1. The molecule has 0 radical (unpaired) electrons. The fourth-order valence-corrected chi connectivity index (χ4v) is 5.34. The van der Waals surface area contributed by atoms with E-state index in [-0.39, 0.29) is 11.8 Å². The fourth-order valence-electron chi connectivity index (χ4n) is 5.34. The van der Waals surface area contributed by atoms with E-state index in [2.05, 4.69) is 20.1 Å². The van der Waals surface area contributed by atoms with Crippen molar-refractivity contribution >= 4 is 17.6 Å². The number of rotatable bonds is 5. The Morgan fingerprint density at radius 2 is 1.91 bits per heavy atom. The van der Waals surface area contributed by atoms with E-state index in [0.717, 1.165) is 94.9 Å². The molecule has 32 heavy (non-hydrogen) atoms. The summed E-state index contributed by atoms with van der Waals surface area (Å²) in [6.07, 6.45) is 8.36. The zero-order valence-corrected chi connectivity index (χ0v) is 18.6. The zero-order valence-electron chi connectivity index (χ0n) is 18.6. The summed E-state index contributed by atoms with van der Waals surface area (Å²) in [4.78, 5) is 36.5. The predicted molar refractivity (Wildman–Crippen MR) is 122 cm³/mol. The Bertz CT molecular complexity index is 951. The van der Waals surface area contributed by atoms with Gasteiger partial charge in [0.1, 0.15) is 5.82 Å². The summed E-state index contributed by atoms with van der Waals surface area (Å²) in [5.74, 6) is 1.66. The molecule has 2 fully saturated rings. The van der Waals surface area contributed by atoms with Crippen molar-refractivity contribution in [2.75, 3.05) is 44.2 Å². The monoisotopic (exact) mass is 436 g/mol. The van der Waals surface area contributed by atoms with E-state index in [4.69, 9.17) is 0 Å². The van der Waals surface area contributed by atoms with Gasteiger partial charge in [0, 0.05) is 63.1 Å². The molecule has 2 aliphatic heterocycles. The van der Waals surface area contributed by atoms with Crippen molar-refractivity contribution in [1.82, 2.24) is 25.0 Å². The van der Waals surface area contributed by atoms with Gasteiger partial charge in [-0.25, -0.2) is 4.98 Å². The lowest BCUT2D eigenvalue weighted by Crippen LogP contribution is -2.49. The second kappa shape index (κ2) is 9.30. The molecule has 3 aliphatic rings. The lowest BCUT2D eigenvalue weighted by atomic mass is 9.92. The van der Waals surface area contributed by atoms with Gasteiger partial charge in [-0.2, -0.15) is 5.10 Å². The van der Waals surface area contributed by atoms with E-state index in [1.165, 1.54) is 0 Å². The average molecular weight is 437 g/mol. The van der Waals surface area contributed by atoms with Crippen LogP contribution in [0.3, 0.4) is 0 Å². The van der Waals surface area contributed by atoms with Gasteiger partial charge in [-0.1, -0.05) is 6.07 Å². The highest BCUT2D eigenvalue weighted by Gasteiger charge is 2.30. The van der Waals surface area contributed by atoms with E-state index >= 15 is 0 Å². The molecule has 5 rings (SSSR count). The molecule has 0 bridgehead atoms. The van der Waals surface area contributed by atoms with Crippen molar-refractivity contribution in [3.05, 3.63) is 41.3 Å². The fraction of sp³-hybridized carbons (Fsp3) is 0.583. The molecule has 0 aromatic carbocycles. The second-order valence-corrected chi connectivity index (χ2v) is 9.24. The van der Waals surface area contributed by atoms with Gasteiger partial charge in [0.15, 0.2) is 5.69 Å². The van der Waals surface area contributed by atoms with E-state index in [0.29, 0.717) is 18.0 Å². The first-order valence-corrected chi connectivity index (χ1v) is 12.0. The molecule has 1 aliphatic carbocycles. The summed E-state index contributed by atoms with van der Waals surface area (Å²) in [6.45, 7) is 4.66. The lowest BCUT2D eigenvalue weighted by molar-refractivity contribution is -0.131. The number of aryl methyl sites for hydroxylation is 1. The van der Waals surface area contributed by atoms with Crippen LogP contribution in [-0.2, 0) is 17.6 Å². The highest BCUT2D eigenvalue weighted by Crippen LogP contribution is 2.27. The number of carbonyl (C=O) groups is 2. The molecular weight excluding hydrogens is 404 g/mol. The average Bonchev–Trinajstić information content (AvgIpc) is 3.47. The highest BCUT2D eigenvalue weighted by atomic mass is 16.2. The number of H-pyrrole nitrogens is 1. The zero-order chi connectivity index (χ0) is 21.9. The number of piperidine rings is 1. The third-order valence-corrected chi connectivity index (χ3v) is 7.19. The van der Waals surface area contributed by atoms with Crippen molar-refractivity contribution in [3.8, 4) is 0 Å². The summed E-state index contributed by atoms with van der Waals surface area (Å²) in [6, 6.07) is 5.94. The molecule has 170 valence electrons. The van der Waals surface area contributed by atoms with Crippen LogP contribution in [0.1, 0.15) is 53.8 Å². The van der Waals surface area contributed by atoms with E-state index in [9.17, 15) is 9.59 Å². The van der Waals surface area contributed by atoms with Gasteiger partial charge in [0.2, 0.25) is 5.91 Å². The Balaban J connectivity index is 1.09. The van der Waals surface area contributed by atoms with Gasteiger partial charge in [-0.15, -0.1) is 0 Å². The Hall–Kier alpha value is -2.90. The Kier molecular flexibility index (Phi) is 6.10. The number of anilines is 1. The van der Waals surface area contributed by atoms with E-state index in [1.807, 2.05) is 34.2 Å². The number of aromatic nitrogens is 3. The van der Waals surface area contributed by atoms with Crippen molar-refractivity contribution in [3.63, 3.8) is 0 Å². The van der Waals surface area contributed by atoms with Gasteiger partial charge in [-0.3, -0.25) is 14.7 Å². The maximum Gasteiger partial charge on any atom is 0.274 e. The summed E-state index contributed by atoms with van der Waals surface area (Å²) >= 11 is 0. The van der Waals surface area contributed by atoms with Crippen LogP contribution in [0.15, 0.2) is 24.4 Å². The van der Waals surface area contributed by atoms with Crippen LogP contribution in [0.5, 0.6) is 0 Å². The van der Waals surface area contributed by atoms with Crippen molar-refractivity contribution in [2.24, 2.45) is 5.92 Å².